The number of carbonyl (C=O) groups is 1. The molecule has 3 nitrogen and oxygen atoms in total. The van der Waals surface area contributed by atoms with E-state index in [-0.39, 0.29) is 11.3 Å². The van der Waals surface area contributed by atoms with Crippen LogP contribution in [0.25, 0.3) is 0 Å². The first-order valence-electron chi connectivity index (χ1n) is 7.13. The number of nitrogens with zero attached hydrogens (tertiary/aromatic N) is 1. The Bertz CT molecular complexity index is 267. The largest absolute Gasteiger partial charge is 0.345 e. The van der Waals surface area contributed by atoms with Crippen LogP contribution in [0.4, 0.5) is 0 Å². The summed E-state index contributed by atoms with van der Waals surface area (Å²) in [4.78, 5) is 14.1. The fraction of sp³-hybridized carbons (Fsp3) is 0.929. The number of amides is 1. The number of carbonyl (C=O) groups excluding carboxylic acids is 1. The summed E-state index contributed by atoms with van der Waals surface area (Å²) < 4.78 is 0. The summed E-state index contributed by atoms with van der Waals surface area (Å²) >= 11 is 0. The van der Waals surface area contributed by atoms with Gasteiger partial charge in [-0.3, -0.25) is 4.79 Å². The Morgan fingerprint density at radius 1 is 1.29 bits per heavy atom. The first-order chi connectivity index (χ1) is 8.18. The average molecular weight is 238 g/mol. The molecular weight excluding hydrogens is 212 g/mol. The molecule has 0 unspecified atom stereocenters. The Labute approximate surface area is 105 Å². The molecule has 0 atom stereocenters. The number of hydrogen-bond donors (Lipinski definition) is 1. The number of rotatable bonds is 5. The van der Waals surface area contributed by atoms with Gasteiger partial charge in [0, 0.05) is 20.1 Å². The molecule has 3 heteroatoms. The van der Waals surface area contributed by atoms with Gasteiger partial charge >= 0.3 is 0 Å². The fourth-order valence-electron chi connectivity index (χ4n) is 3.01. The van der Waals surface area contributed by atoms with E-state index in [1.54, 1.807) is 0 Å². The molecule has 2 rings (SSSR count). The quantitative estimate of drug-likeness (QED) is 0.797. The molecule has 2 aliphatic carbocycles. The Morgan fingerprint density at radius 2 is 1.94 bits per heavy atom. The monoisotopic (exact) mass is 238 g/mol. The van der Waals surface area contributed by atoms with Crippen LogP contribution in [-0.4, -0.2) is 30.9 Å². The van der Waals surface area contributed by atoms with E-state index in [0.29, 0.717) is 6.54 Å². The second-order valence-corrected chi connectivity index (χ2v) is 6.00. The molecule has 0 bridgehead atoms. The van der Waals surface area contributed by atoms with Gasteiger partial charge in [0.1, 0.15) is 0 Å². The van der Waals surface area contributed by atoms with Gasteiger partial charge in [0.2, 0.25) is 5.91 Å². The lowest BCUT2D eigenvalue weighted by atomic mass is 9.87. The van der Waals surface area contributed by atoms with Crippen molar-refractivity contribution in [2.24, 2.45) is 17.1 Å². The van der Waals surface area contributed by atoms with Crippen LogP contribution in [0.3, 0.4) is 0 Å². The molecule has 0 spiro atoms. The predicted molar refractivity (Wildman–Crippen MR) is 69.6 cm³/mol. The molecule has 0 aliphatic heterocycles. The molecule has 0 heterocycles. The summed E-state index contributed by atoms with van der Waals surface area (Å²) in [5.41, 5.74) is 5.53. The van der Waals surface area contributed by atoms with Gasteiger partial charge in [-0.1, -0.05) is 32.1 Å². The van der Waals surface area contributed by atoms with Crippen LogP contribution in [0.15, 0.2) is 0 Å². The molecule has 2 saturated carbocycles. The molecule has 0 radical (unpaired) electrons. The average Bonchev–Trinajstić information content (AvgIpc) is 3.17. The van der Waals surface area contributed by atoms with Crippen molar-refractivity contribution < 1.29 is 4.79 Å². The van der Waals surface area contributed by atoms with Crippen molar-refractivity contribution in [2.75, 3.05) is 20.1 Å². The summed E-state index contributed by atoms with van der Waals surface area (Å²) in [5, 5.41) is 0. The maximum Gasteiger partial charge on any atom is 0.229 e. The molecule has 2 aliphatic rings. The second kappa shape index (κ2) is 5.38. The van der Waals surface area contributed by atoms with Crippen molar-refractivity contribution in [2.45, 2.75) is 51.4 Å². The van der Waals surface area contributed by atoms with E-state index in [1.807, 2.05) is 11.9 Å². The van der Waals surface area contributed by atoms with Crippen LogP contribution < -0.4 is 5.73 Å². The molecule has 0 aromatic carbocycles. The summed E-state index contributed by atoms with van der Waals surface area (Å²) in [6.45, 7) is 1.45. The van der Waals surface area contributed by atoms with Gasteiger partial charge in [0.25, 0.3) is 0 Å². The maximum absolute atomic E-state index is 12.2. The van der Waals surface area contributed by atoms with E-state index >= 15 is 0 Å². The highest BCUT2D eigenvalue weighted by molar-refractivity contribution is 5.85. The van der Waals surface area contributed by atoms with E-state index in [9.17, 15) is 4.79 Å². The van der Waals surface area contributed by atoms with Crippen LogP contribution in [-0.2, 0) is 4.79 Å². The van der Waals surface area contributed by atoms with Gasteiger partial charge < -0.3 is 10.6 Å². The zero-order valence-corrected chi connectivity index (χ0v) is 11.1. The molecule has 0 saturated heterocycles. The molecule has 98 valence electrons. The van der Waals surface area contributed by atoms with E-state index in [0.717, 1.165) is 25.3 Å². The van der Waals surface area contributed by atoms with Gasteiger partial charge in [-0.05, 0) is 25.2 Å². The molecule has 0 aromatic heterocycles. The van der Waals surface area contributed by atoms with Crippen LogP contribution in [0.2, 0.25) is 0 Å². The summed E-state index contributed by atoms with van der Waals surface area (Å²) in [6.07, 6.45) is 10.1. The highest BCUT2D eigenvalue weighted by Crippen LogP contribution is 2.46. The molecule has 2 fully saturated rings. The Hall–Kier alpha value is -0.570. The Morgan fingerprint density at radius 3 is 2.47 bits per heavy atom. The molecule has 2 N–H and O–H groups in total. The van der Waals surface area contributed by atoms with Gasteiger partial charge in [0.05, 0.1) is 5.41 Å². The Kier molecular flexibility index (Phi) is 4.08. The lowest BCUT2D eigenvalue weighted by molar-refractivity contribution is -0.135. The minimum Gasteiger partial charge on any atom is -0.345 e. The highest BCUT2D eigenvalue weighted by atomic mass is 16.2. The molecule has 17 heavy (non-hydrogen) atoms. The van der Waals surface area contributed by atoms with E-state index < -0.39 is 0 Å². The van der Waals surface area contributed by atoms with Crippen LogP contribution in [0, 0.1) is 11.3 Å². The number of hydrogen-bond acceptors (Lipinski definition) is 2. The fourth-order valence-corrected chi connectivity index (χ4v) is 3.01. The third kappa shape index (κ3) is 3.01. The van der Waals surface area contributed by atoms with Crippen LogP contribution in [0.5, 0.6) is 0 Å². The minimum atomic E-state index is -0.165. The van der Waals surface area contributed by atoms with Crippen molar-refractivity contribution in [3.63, 3.8) is 0 Å². The third-order valence-electron chi connectivity index (χ3n) is 4.64. The summed E-state index contributed by atoms with van der Waals surface area (Å²) in [6, 6.07) is 0. The number of nitrogens with two attached hydrogens (primary N) is 1. The van der Waals surface area contributed by atoms with Crippen molar-refractivity contribution >= 4 is 5.91 Å². The van der Waals surface area contributed by atoms with Crippen LogP contribution in [0.1, 0.15) is 51.4 Å². The first kappa shape index (κ1) is 12.9. The van der Waals surface area contributed by atoms with Gasteiger partial charge in [-0.2, -0.15) is 0 Å². The Balaban J connectivity index is 1.73. The highest BCUT2D eigenvalue weighted by Gasteiger charge is 2.49. The van der Waals surface area contributed by atoms with Gasteiger partial charge in [-0.15, -0.1) is 0 Å². The maximum atomic E-state index is 12.2. The standard InChI is InChI=1S/C14H26N2O/c1-16(13(17)14(11-15)8-9-14)10-7-12-5-3-2-4-6-12/h12H,2-11,15H2,1H3. The van der Waals surface area contributed by atoms with Crippen molar-refractivity contribution in [3.8, 4) is 0 Å². The van der Waals surface area contributed by atoms with E-state index in [4.69, 9.17) is 5.73 Å². The minimum absolute atomic E-state index is 0.165. The predicted octanol–water partition coefficient (Wildman–Crippen LogP) is 2.15. The molecule has 1 amide bonds. The lowest BCUT2D eigenvalue weighted by Crippen LogP contribution is -2.39. The summed E-state index contributed by atoms with van der Waals surface area (Å²) in [5.74, 6) is 1.14. The zero-order valence-electron chi connectivity index (χ0n) is 11.1. The topological polar surface area (TPSA) is 46.3 Å². The molecular formula is C14H26N2O. The normalized spacial score (nSPS) is 23.4. The summed E-state index contributed by atoms with van der Waals surface area (Å²) in [7, 11) is 1.95. The third-order valence-corrected chi connectivity index (χ3v) is 4.64. The first-order valence-corrected chi connectivity index (χ1v) is 7.13. The van der Waals surface area contributed by atoms with Gasteiger partial charge in [-0.25, -0.2) is 0 Å². The van der Waals surface area contributed by atoms with Crippen molar-refractivity contribution in [1.82, 2.24) is 4.90 Å². The van der Waals surface area contributed by atoms with Crippen molar-refractivity contribution in [3.05, 3.63) is 0 Å². The van der Waals surface area contributed by atoms with Crippen molar-refractivity contribution in [1.29, 1.82) is 0 Å². The zero-order chi connectivity index (χ0) is 12.3. The van der Waals surface area contributed by atoms with Crippen LogP contribution >= 0.6 is 0 Å². The van der Waals surface area contributed by atoms with E-state index in [1.165, 1.54) is 38.5 Å². The van der Waals surface area contributed by atoms with E-state index in [2.05, 4.69) is 0 Å². The van der Waals surface area contributed by atoms with Gasteiger partial charge in [0.15, 0.2) is 0 Å². The smallest absolute Gasteiger partial charge is 0.229 e. The molecule has 0 aromatic rings. The second-order valence-electron chi connectivity index (χ2n) is 6.00. The lowest BCUT2D eigenvalue weighted by Gasteiger charge is -2.26. The SMILES string of the molecule is CN(CCC1CCCCC1)C(=O)C1(CN)CC1.